The quantitative estimate of drug-likeness (QED) is 0.420. The third kappa shape index (κ3) is 2.42. The van der Waals surface area contributed by atoms with Crippen molar-refractivity contribution in [2.75, 3.05) is 5.32 Å². The van der Waals surface area contributed by atoms with Crippen molar-refractivity contribution >= 4 is 33.3 Å². The van der Waals surface area contributed by atoms with Crippen LogP contribution in [0.4, 0.5) is 5.69 Å². The second kappa shape index (κ2) is 6.16. The molecule has 5 aromatic rings. The molecule has 4 nitrogen and oxygen atoms in total. The number of nitrogens with zero attached hydrogens (tertiary/aromatic N) is 2. The molecular weight excluding hydrogens is 382 g/mol. The lowest BCUT2D eigenvalue weighted by molar-refractivity contribution is 0.474. The van der Waals surface area contributed by atoms with E-state index in [-0.39, 0.29) is 6.17 Å². The molecule has 0 aliphatic carbocycles. The van der Waals surface area contributed by atoms with Gasteiger partial charge in [-0.1, -0.05) is 48.5 Å². The van der Waals surface area contributed by atoms with Crippen molar-refractivity contribution in [3.05, 3.63) is 107 Å². The molecule has 31 heavy (non-hydrogen) atoms. The van der Waals surface area contributed by atoms with Gasteiger partial charge < -0.3 is 10.1 Å². The average molecular weight is 399 g/mol. The first-order chi connectivity index (χ1) is 15.3. The number of hydrogen-bond acceptors (Lipinski definition) is 4. The molecule has 1 N–H and O–H groups in total. The summed E-state index contributed by atoms with van der Waals surface area (Å²) in [5, 5.41) is 10.2. The van der Waals surface area contributed by atoms with Crippen LogP contribution in [-0.2, 0) is 0 Å². The maximum Gasteiger partial charge on any atom is 0.163 e. The molecule has 4 heteroatoms. The lowest BCUT2D eigenvalue weighted by Crippen LogP contribution is -2.15. The summed E-state index contributed by atoms with van der Waals surface area (Å²) in [5.74, 6) is 1.77. The van der Waals surface area contributed by atoms with Gasteiger partial charge in [-0.2, -0.15) is 0 Å². The molecule has 2 aliphatic rings. The molecule has 0 saturated carbocycles. The number of aromatic nitrogens is 1. The number of hydrogen-bond donors (Lipinski definition) is 1. The number of rotatable bonds is 1. The Morgan fingerprint density at radius 3 is 2.61 bits per heavy atom. The summed E-state index contributed by atoms with van der Waals surface area (Å²) < 4.78 is 6.16. The van der Waals surface area contributed by atoms with Crippen molar-refractivity contribution in [1.82, 2.24) is 4.98 Å². The Kier molecular flexibility index (Phi) is 3.30. The summed E-state index contributed by atoms with van der Waals surface area (Å²) in [6, 6.07) is 26.9. The summed E-state index contributed by atoms with van der Waals surface area (Å²) in [7, 11) is 0. The Hall–Kier alpha value is -4.18. The minimum Gasteiger partial charge on any atom is -0.456 e. The Labute approximate surface area is 178 Å². The van der Waals surface area contributed by atoms with E-state index in [1.807, 2.05) is 48.7 Å². The zero-order chi connectivity index (χ0) is 20.4. The molecule has 7 rings (SSSR count). The van der Waals surface area contributed by atoms with Gasteiger partial charge in [0.2, 0.25) is 0 Å². The van der Waals surface area contributed by atoms with Crippen LogP contribution in [0.3, 0.4) is 0 Å². The second-order valence-electron chi connectivity index (χ2n) is 7.91. The van der Waals surface area contributed by atoms with Crippen LogP contribution < -0.4 is 20.6 Å². The van der Waals surface area contributed by atoms with Gasteiger partial charge in [-0.05, 0) is 47.2 Å². The molecule has 0 radical (unpaired) electrons. The fraction of sp³-hybridized carbons (Fsp3) is 0.0370. The van der Waals surface area contributed by atoms with Crippen LogP contribution in [0.2, 0.25) is 0 Å². The van der Waals surface area contributed by atoms with E-state index >= 15 is 0 Å². The van der Waals surface area contributed by atoms with Crippen LogP contribution in [0.15, 0.2) is 90.1 Å². The van der Waals surface area contributed by atoms with E-state index in [0.29, 0.717) is 0 Å². The number of fused-ring (bicyclic) bond motifs is 7. The largest absolute Gasteiger partial charge is 0.456 e. The first-order valence-electron chi connectivity index (χ1n) is 10.4. The molecule has 0 bridgehead atoms. The van der Waals surface area contributed by atoms with E-state index in [4.69, 9.17) is 9.73 Å². The third-order valence-electron chi connectivity index (χ3n) is 6.13. The van der Waals surface area contributed by atoms with Crippen molar-refractivity contribution in [2.24, 2.45) is 4.99 Å². The number of benzene rings is 4. The van der Waals surface area contributed by atoms with Crippen LogP contribution in [0.1, 0.15) is 17.4 Å². The highest BCUT2D eigenvalue weighted by molar-refractivity contribution is 5.90. The predicted octanol–water partition coefficient (Wildman–Crippen LogP) is 5.07. The maximum atomic E-state index is 6.16. The lowest BCUT2D eigenvalue weighted by atomic mass is 10.0. The SMILES string of the molecule is C1=c2c(ccc3c4c(ccc23)NC(c2nccc3ccccc23)N=4)Oc2ccccc21. The Morgan fingerprint density at radius 1 is 0.742 bits per heavy atom. The first-order valence-corrected chi connectivity index (χ1v) is 10.4. The molecule has 0 spiro atoms. The normalized spacial score (nSPS) is 15.8. The zero-order valence-corrected chi connectivity index (χ0v) is 16.5. The minimum atomic E-state index is -0.205. The monoisotopic (exact) mass is 399 g/mol. The van der Waals surface area contributed by atoms with Crippen molar-refractivity contribution in [3.8, 4) is 11.5 Å². The van der Waals surface area contributed by atoms with Crippen molar-refractivity contribution in [1.29, 1.82) is 0 Å². The molecule has 2 aliphatic heterocycles. The maximum absolute atomic E-state index is 6.16. The highest BCUT2D eigenvalue weighted by atomic mass is 16.5. The number of para-hydroxylation sites is 1. The molecule has 1 atom stereocenters. The molecule has 1 unspecified atom stereocenters. The van der Waals surface area contributed by atoms with Crippen LogP contribution in [0.5, 0.6) is 11.5 Å². The van der Waals surface area contributed by atoms with E-state index in [2.05, 4.69) is 52.8 Å². The van der Waals surface area contributed by atoms with Gasteiger partial charge in [0.1, 0.15) is 11.5 Å². The summed E-state index contributed by atoms with van der Waals surface area (Å²) in [4.78, 5) is 9.73. The highest BCUT2D eigenvalue weighted by Gasteiger charge is 2.22. The second-order valence-corrected chi connectivity index (χ2v) is 7.91. The van der Waals surface area contributed by atoms with E-state index in [1.54, 1.807) is 0 Å². The summed E-state index contributed by atoms with van der Waals surface area (Å²) in [6.07, 6.45) is 3.86. The van der Waals surface area contributed by atoms with Crippen LogP contribution in [0, 0.1) is 0 Å². The standard InChI is InChI=1S/C27H17N3O/c1-3-7-18-16(5-1)13-14-28-26(18)27-29-22-11-9-19-20(25(22)30-27)10-12-24-21(19)15-17-6-2-4-8-23(17)31-24/h1-15,27,29H. The van der Waals surface area contributed by atoms with Crippen molar-refractivity contribution in [2.45, 2.75) is 6.17 Å². The smallest absolute Gasteiger partial charge is 0.163 e. The minimum absolute atomic E-state index is 0.205. The van der Waals surface area contributed by atoms with Gasteiger partial charge in [-0.15, -0.1) is 0 Å². The first kappa shape index (κ1) is 16.6. The highest BCUT2D eigenvalue weighted by Crippen LogP contribution is 2.32. The van der Waals surface area contributed by atoms with Crippen LogP contribution >= 0.6 is 0 Å². The van der Waals surface area contributed by atoms with E-state index in [9.17, 15) is 0 Å². The molecule has 3 heterocycles. The van der Waals surface area contributed by atoms with Gasteiger partial charge in [0.15, 0.2) is 6.17 Å². The van der Waals surface area contributed by atoms with Gasteiger partial charge in [-0.3, -0.25) is 9.98 Å². The predicted molar refractivity (Wildman–Crippen MR) is 123 cm³/mol. The molecule has 0 fully saturated rings. The summed E-state index contributed by atoms with van der Waals surface area (Å²) >= 11 is 0. The van der Waals surface area contributed by atoms with Crippen molar-refractivity contribution < 1.29 is 4.74 Å². The molecule has 0 amide bonds. The molecule has 1 aromatic heterocycles. The van der Waals surface area contributed by atoms with E-state index < -0.39 is 0 Å². The van der Waals surface area contributed by atoms with Crippen LogP contribution in [-0.4, -0.2) is 4.98 Å². The number of anilines is 1. The van der Waals surface area contributed by atoms with Crippen LogP contribution in [0.25, 0.3) is 27.6 Å². The molecular formula is C27H17N3O. The Balaban J connectivity index is 1.45. The number of pyridine rings is 1. The zero-order valence-electron chi connectivity index (χ0n) is 16.5. The Morgan fingerprint density at radius 2 is 1.61 bits per heavy atom. The Bertz CT molecular complexity index is 1650. The van der Waals surface area contributed by atoms with Gasteiger partial charge in [0.25, 0.3) is 0 Å². The number of ether oxygens (including phenoxy) is 1. The van der Waals surface area contributed by atoms with Gasteiger partial charge in [0.05, 0.1) is 16.7 Å². The molecule has 4 aromatic carbocycles. The fourth-order valence-electron chi connectivity index (χ4n) is 4.65. The lowest BCUT2D eigenvalue weighted by Gasteiger charge is -2.16. The third-order valence-corrected chi connectivity index (χ3v) is 6.13. The number of nitrogens with one attached hydrogen (secondary N) is 1. The van der Waals surface area contributed by atoms with Crippen molar-refractivity contribution in [3.63, 3.8) is 0 Å². The van der Waals surface area contributed by atoms with Gasteiger partial charge in [0, 0.05) is 27.8 Å². The average Bonchev–Trinajstić information content (AvgIpc) is 3.27. The van der Waals surface area contributed by atoms with E-state index in [1.165, 1.54) is 5.39 Å². The summed E-state index contributed by atoms with van der Waals surface area (Å²) in [5.41, 5.74) is 3.07. The molecule has 0 saturated heterocycles. The van der Waals surface area contributed by atoms with E-state index in [0.717, 1.165) is 55.2 Å². The fourth-order valence-corrected chi connectivity index (χ4v) is 4.65. The summed E-state index contributed by atoms with van der Waals surface area (Å²) in [6.45, 7) is 0. The van der Waals surface area contributed by atoms with Gasteiger partial charge >= 0.3 is 0 Å². The molecule has 146 valence electrons. The topological polar surface area (TPSA) is 46.5 Å². The van der Waals surface area contributed by atoms with Gasteiger partial charge in [-0.25, -0.2) is 0 Å².